The van der Waals surface area contributed by atoms with Crippen molar-refractivity contribution in [3.63, 3.8) is 0 Å². The summed E-state index contributed by atoms with van der Waals surface area (Å²) in [6, 6.07) is 37.6. The Morgan fingerprint density at radius 1 is 0.520 bits per heavy atom. The second kappa shape index (κ2) is 15.2. The normalized spacial score (nSPS) is 11.6. The Morgan fingerprint density at radius 2 is 0.980 bits per heavy atom. The van der Waals surface area contributed by atoms with Crippen LogP contribution in [0.5, 0.6) is 0 Å². The highest BCUT2D eigenvalue weighted by Gasteiger charge is 2.17. The number of halogens is 3. The van der Waals surface area contributed by atoms with Gasteiger partial charge in [0, 0.05) is 81.2 Å². The summed E-state index contributed by atoms with van der Waals surface area (Å²) in [6.45, 7) is 4.57. The molecular formula is C41H37Cl3N6. The molecule has 6 nitrogen and oxygen atoms in total. The first-order chi connectivity index (χ1) is 24.1. The van der Waals surface area contributed by atoms with E-state index in [2.05, 4.69) is 92.6 Å². The molecule has 4 aromatic heterocycles. The molecular weight excluding hydrogens is 683 g/mol. The predicted octanol–water partition coefficient (Wildman–Crippen LogP) is 9.79. The third-order valence-electron chi connectivity index (χ3n) is 9.26. The number of benzene rings is 4. The van der Waals surface area contributed by atoms with Crippen LogP contribution < -0.4 is 10.6 Å². The maximum atomic E-state index is 6.35. The molecule has 0 saturated carbocycles. The fourth-order valence-corrected chi connectivity index (χ4v) is 7.55. The predicted molar refractivity (Wildman–Crippen MR) is 211 cm³/mol. The van der Waals surface area contributed by atoms with Gasteiger partial charge in [-0.3, -0.25) is 9.97 Å². The van der Waals surface area contributed by atoms with Crippen molar-refractivity contribution in [2.75, 3.05) is 13.1 Å². The van der Waals surface area contributed by atoms with Crippen LogP contribution >= 0.6 is 35.6 Å². The smallest absolute Gasteiger partial charge is 0.0784 e. The van der Waals surface area contributed by atoms with Crippen molar-refractivity contribution in [2.45, 2.75) is 32.6 Å². The van der Waals surface area contributed by atoms with Gasteiger partial charge in [0.2, 0.25) is 0 Å². The number of nitrogens with zero attached hydrogens (tertiary/aromatic N) is 4. The first-order valence-electron chi connectivity index (χ1n) is 16.7. The lowest BCUT2D eigenvalue weighted by molar-refractivity contribution is 0.588. The van der Waals surface area contributed by atoms with Gasteiger partial charge in [-0.25, -0.2) is 0 Å². The van der Waals surface area contributed by atoms with Crippen LogP contribution in [0.1, 0.15) is 28.9 Å². The molecule has 0 atom stereocenters. The molecule has 2 N–H and O–H groups in total. The molecule has 0 fully saturated rings. The Kier molecular flexibility index (Phi) is 10.4. The number of hydrogen-bond acceptors (Lipinski definition) is 4. The molecule has 4 heterocycles. The van der Waals surface area contributed by atoms with E-state index in [0.717, 1.165) is 54.0 Å². The average Bonchev–Trinajstić information content (AvgIpc) is 3.61. The number of rotatable bonds is 12. The zero-order chi connectivity index (χ0) is 33.2. The summed E-state index contributed by atoms with van der Waals surface area (Å²) in [5.41, 5.74) is 9.16. The summed E-state index contributed by atoms with van der Waals surface area (Å²) in [4.78, 5) is 9.69. The minimum Gasteiger partial charge on any atom is -0.334 e. The van der Waals surface area contributed by atoms with Crippen LogP contribution in [0.4, 0.5) is 0 Å². The van der Waals surface area contributed by atoms with E-state index in [1.165, 1.54) is 54.7 Å². The summed E-state index contributed by atoms with van der Waals surface area (Å²) >= 11 is 12.7. The number of nitrogens with one attached hydrogen (secondary N) is 2. The fourth-order valence-electron chi connectivity index (χ4n) is 7.12. The van der Waals surface area contributed by atoms with Gasteiger partial charge in [0.1, 0.15) is 0 Å². The Hall–Kier alpha value is -4.43. The zero-order valence-electron chi connectivity index (χ0n) is 27.4. The van der Waals surface area contributed by atoms with Crippen LogP contribution in [0.2, 0.25) is 10.0 Å². The zero-order valence-corrected chi connectivity index (χ0v) is 29.8. The topological polar surface area (TPSA) is 59.7 Å². The van der Waals surface area contributed by atoms with Gasteiger partial charge in [-0.15, -0.1) is 12.4 Å². The number of hydrogen-bond donors (Lipinski definition) is 2. The van der Waals surface area contributed by atoms with Crippen LogP contribution in [0.3, 0.4) is 0 Å². The van der Waals surface area contributed by atoms with Crippen molar-refractivity contribution in [1.29, 1.82) is 0 Å². The molecule has 0 spiro atoms. The van der Waals surface area contributed by atoms with Crippen LogP contribution in [-0.2, 0) is 26.2 Å². The minimum atomic E-state index is 0. The van der Waals surface area contributed by atoms with Crippen molar-refractivity contribution in [2.24, 2.45) is 0 Å². The maximum Gasteiger partial charge on any atom is 0.0784 e. The second-order valence-electron chi connectivity index (χ2n) is 12.5. The van der Waals surface area contributed by atoms with Gasteiger partial charge in [0.15, 0.2) is 0 Å². The molecule has 0 unspecified atom stereocenters. The van der Waals surface area contributed by atoms with Gasteiger partial charge in [0.25, 0.3) is 0 Å². The van der Waals surface area contributed by atoms with Crippen LogP contribution in [0.15, 0.2) is 122 Å². The third-order valence-corrected chi connectivity index (χ3v) is 9.73. The number of fused-ring (bicyclic) bond motifs is 6. The van der Waals surface area contributed by atoms with E-state index in [9.17, 15) is 0 Å². The van der Waals surface area contributed by atoms with Gasteiger partial charge in [-0.05, 0) is 79.2 Å². The van der Waals surface area contributed by atoms with E-state index in [-0.39, 0.29) is 12.4 Å². The Morgan fingerprint density at radius 3 is 1.44 bits per heavy atom. The first-order valence-corrected chi connectivity index (χ1v) is 17.5. The molecule has 0 aliphatic carbocycles. The van der Waals surface area contributed by atoms with Crippen molar-refractivity contribution >= 4 is 79.2 Å². The molecule has 4 aromatic carbocycles. The van der Waals surface area contributed by atoms with Gasteiger partial charge in [0.05, 0.1) is 22.4 Å². The van der Waals surface area contributed by atoms with Crippen LogP contribution in [0, 0.1) is 0 Å². The number of aromatic nitrogens is 4. The highest BCUT2D eigenvalue weighted by Crippen LogP contribution is 2.33. The number of pyridine rings is 2. The van der Waals surface area contributed by atoms with Crippen molar-refractivity contribution < 1.29 is 0 Å². The fraction of sp³-hybridized carbons (Fsp3) is 0.171. The van der Waals surface area contributed by atoms with Gasteiger partial charge in [-0.2, -0.15) is 0 Å². The van der Waals surface area contributed by atoms with Gasteiger partial charge < -0.3 is 19.8 Å². The van der Waals surface area contributed by atoms with E-state index in [4.69, 9.17) is 33.2 Å². The highest BCUT2D eigenvalue weighted by molar-refractivity contribution is 6.31. The Balaban J connectivity index is 0.00000392. The molecule has 9 heteroatoms. The molecule has 0 aliphatic rings. The van der Waals surface area contributed by atoms with Crippen molar-refractivity contribution in [1.82, 2.24) is 29.7 Å². The van der Waals surface area contributed by atoms with Gasteiger partial charge in [-0.1, -0.05) is 83.9 Å². The molecule has 0 radical (unpaired) electrons. The molecule has 8 aromatic rings. The second-order valence-corrected chi connectivity index (χ2v) is 13.4. The van der Waals surface area contributed by atoms with Crippen LogP contribution in [0.25, 0.3) is 43.6 Å². The average molecular weight is 720 g/mol. The first kappa shape index (κ1) is 34.0. The lowest BCUT2D eigenvalue weighted by atomic mass is 10.1. The Labute approximate surface area is 307 Å². The standard InChI is InChI=1S/C41H36Cl2N6.ClH/c42-30-10-5-8-28(22-30)26-48-38-14-3-1-12-32(38)34-16-20-46-36(40(34)48)24-44-18-7-19-45-25-37-41-35(17-21-47-37)33-13-2-4-15-39(33)49(41)27-29-9-6-11-31(43)23-29;/h1-6,8-17,20-23,44-45H,7,18-19,24-27H2;1H. The molecule has 0 saturated heterocycles. The largest absolute Gasteiger partial charge is 0.334 e. The molecule has 252 valence electrons. The van der Waals surface area contributed by atoms with Gasteiger partial charge >= 0.3 is 0 Å². The van der Waals surface area contributed by atoms with Crippen LogP contribution in [-0.4, -0.2) is 32.2 Å². The summed E-state index contributed by atoms with van der Waals surface area (Å²) in [5.74, 6) is 0. The molecule has 8 rings (SSSR count). The summed E-state index contributed by atoms with van der Waals surface area (Å²) in [6.07, 6.45) is 4.83. The molecule has 50 heavy (non-hydrogen) atoms. The molecule has 0 bridgehead atoms. The SMILES string of the molecule is Cl.Clc1cccc(Cn2c3ccccc3c3ccnc(CNCCCNCc4nccc5c6ccccc6n(Cc6cccc(Cl)c6)c45)c32)c1. The summed E-state index contributed by atoms with van der Waals surface area (Å²) in [5, 5.41) is 13.7. The number of para-hydroxylation sites is 2. The Bertz CT molecular complexity index is 2260. The van der Waals surface area contributed by atoms with E-state index < -0.39 is 0 Å². The molecule has 0 aliphatic heterocycles. The monoisotopic (exact) mass is 718 g/mol. The minimum absolute atomic E-state index is 0. The maximum absolute atomic E-state index is 6.35. The lowest BCUT2D eigenvalue weighted by Gasteiger charge is -2.12. The van der Waals surface area contributed by atoms with E-state index >= 15 is 0 Å². The highest BCUT2D eigenvalue weighted by atomic mass is 35.5. The summed E-state index contributed by atoms with van der Waals surface area (Å²) < 4.78 is 4.75. The summed E-state index contributed by atoms with van der Waals surface area (Å²) in [7, 11) is 0. The van der Waals surface area contributed by atoms with Crippen molar-refractivity contribution in [3.05, 3.63) is 154 Å². The lowest BCUT2D eigenvalue weighted by Crippen LogP contribution is -2.22. The van der Waals surface area contributed by atoms with E-state index in [1.807, 2.05) is 48.8 Å². The van der Waals surface area contributed by atoms with Crippen molar-refractivity contribution in [3.8, 4) is 0 Å². The van der Waals surface area contributed by atoms with E-state index in [0.29, 0.717) is 13.1 Å². The quantitative estimate of drug-likeness (QED) is 0.124. The third kappa shape index (κ3) is 6.82. The molecule has 0 amide bonds. The van der Waals surface area contributed by atoms with E-state index in [1.54, 1.807) is 0 Å².